The van der Waals surface area contributed by atoms with Crippen molar-refractivity contribution in [3.8, 4) is 5.75 Å². The number of piperidine rings is 1. The number of carbonyl (C=O) groups is 2. The van der Waals surface area contributed by atoms with Gasteiger partial charge in [-0.15, -0.1) is 5.06 Å². The molecule has 10 nitrogen and oxygen atoms in total. The van der Waals surface area contributed by atoms with Crippen molar-refractivity contribution in [2.75, 3.05) is 36.1 Å². The first-order valence-electron chi connectivity index (χ1n) is 12.4. The van der Waals surface area contributed by atoms with Gasteiger partial charge in [0.15, 0.2) is 0 Å². The van der Waals surface area contributed by atoms with E-state index in [1.807, 2.05) is 24.3 Å². The molecule has 0 saturated carbocycles. The molecule has 0 spiro atoms. The zero-order valence-electron chi connectivity index (χ0n) is 21.1. The third kappa shape index (κ3) is 7.21. The maximum atomic E-state index is 12.8. The number of primary amides is 1. The quantitative estimate of drug-likeness (QED) is 0.368. The van der Waals surface area contributed by atoms with E-state index in [1.165, 1.54) is 4.90 Å². The van der Waals surface area contributed by atoms with Gasteiger partial charge in [-0.05, 0) is 49.7 Å². The van der Waals surface area contributed by atoms with Gasteiger partial charge in [0.25, 0.3) is 0 Å². The number of amides is 2. The molecular weight excluding hydrogens is 578 g/mol. The number of aliphatic hydroxyl groups is 1. The van der Waals surface area contributed by atoms with Crippen LogP contribution >= 0.6 is 23.2 Å². The second kappa shape index (κ2) is 12.3. The van der Waals surface area contributed by atoms with Gasteiger partial charge in [0.1, 0.15) is 11.4 Å². The van der Waals surface area contributed by atoms with Gasteiger partial charge in [-0.2, -0.15) is 13.2 Å². The molecule has 40 heavy (non-hydrogen) atoms. The van der Waals surface area contributed by atoms with E-state index in [9.17, 15) is 33.0 Å². The zero-order chi connectivity index (χ0) is 29.2. The Morgan fingerprint density at radius 2 is 1.77 bits per heavy atom. The van der Waals surface area contributed by atoms with Crippen molar-refractivity contribution in [3.05, 3.63) is 52.0 Å². The summed E-state index contributed by atoms with van der Waals surface area (Å²) < 4.78 is 38.5. The number of aromatic hydroxyl groups is 1. The molecule has 2 aliphatic rings. The summed E-state index contributed by atoms with van der Waals surface area (Å²) in [6.45, 7) is 2.63. The van der Waals surface area contributed by atoms with Crippen LogP contribution in [0.25, 0.3) is 0 Å². The van der Waals surface area contributed by atoms with Crippen LogP contribution in [-0.2, 0) is 16.2 Å². The lowest BCUT2D eigenvalue weighted by molar-refractivity contribution is -0.199. The molecule has 2 aromatic carbocycles. The van der Waals surface area contributed by atoms with Gasteiger partial charge in [0.05, 0.1) is 22.9 Å². The fourth-order valence-corrected chi connectivity index (χ4v) is 5.14. The minimum atomic E-state index is -5.40. The lowest BCUT2D eigenvalue weighted by atomic mass is 10.0. The molecule has 4 rings (SSSR count). The number of alkyl halides is 3. The fraction of sp³-hybridized carbons (Fsp3) is 0.440. The highest BCUT2D eigenvalue weighted by molar-refractivity contribution is 6.32. The van der Waals surface area contributed by atoms with Crippen LogP contribution in [0.4, 0.5) is 29.3 Å². The lowest BCUT2D eigenvalue weighted by Gasteiger charge is -2.34. The average Bonchev–Trinajstić information content (AvgIpc) is 3.25. The topological polar surface area (TPSA) is 132 Å². The van der Waals surface area contributed by atoms with E-state index in [0.29, 0.717) is 5.02 Å². The lowest BCUT2D eigenvalue weighted by Crippen LogP contribution is -2.49. The number of likely N-dealkylation sites (tertiary alicyclic amines) is 1. The molecule has 0 radical (unpaired) electrons. The molecule has 15 heteroatoms. The predicted molar refractivity (Wildman–Crippen MR) is 142 cm³/mol. The number of phenolic OH excluding ortho intramolecular Hbond substituents is 1. The van der Waals surface area contributed by atoms with Gasteiger partial charge in [-0.25, -0.2) is 9.59 Å². The molecule has 2 unspecified atom stereocenters. The van der Waals surface area contributed by atoms with Gasteiger partial charge >= 0.3 is 18.2 Å². The zero-order valence-corrected chi connectivity index (χ0v) is 22.6. The summed E-state index contributed by atoms with van der Waals surface area (Å²) in [4.78, 5) is 31.5. The van der Waals surface area contributed by atoms with Crippen molar-refractivity contribution in [2.24, 2.45) is 5.73 Å². The Labute approximate surface area is 237 Å². The van der Waals surface area contributed by atoms with Gasteiger partial charge in [0.2, 0.25) is 0 Å². The average molecular weight is 606 g/mol. The minimum Gasteiger partial charge on any atom is -0.506 e. The largest absolute Gasteiger partial charge is 0.506 e. The number of nitrogens with zero attached hydrogens (tertiary/aromatic N) is 3. The van der Waals surface area contributed by atoms with Crippen LogP contribution in [0.2, 0.25) is 10.0 Å². The molecule has 0 aliphatic carbocycles. The van der Waals surface area contributed by atoms with Crippen molar-refractivity contribution in [3.63, 3.8) is 0 Å². The smallest absolute Gasteiger partial charge is 0.493 e. The molecule has 2 aliphatic heterocycles. The summed E-state index contributed by atoms with van der Waals surface area (Å²) in [7, 11) is 0. The summed E-state index contributed by atoms with van der Waals surface area (Å²) in [5.74, 6) is -3.12. The number of nitrogens with two attached hydrogens (primary N) is 1. The summed E-state index contributed by atoms with van der Waals surface area (Å²) >= 11 is 11.9. The van der Waals surface area contributed by atoms with Crippen LogP contribution < -0.4 is 21.0 Å². The number of carbonyl (C=O) groups excluding carboxylic acids is 2. The van der Waals surface area contributed by atoms with Crippen LogP contribution in [0.3, 0.4) is 0 Å². The summed E-state index contributed by atoms with van der Waals surface area (Å²) in [6.07, 6.45) is -4.64. The Hall–Kier alpha value is -2.97. The monoisotopic (exact) mass is 605 g/mol. The molecule has 2 amide bonds. The number of rotatable bonds is 6. The summed E-state index contributed by atoms with van der Waals surface area (Å²) in [5.41, 5.74) is 5.94. The normalized spacial score (nSPS) is 20.5. The van der Waals surface area contributed by atoms with Crippen molar-refractivity contribution < 1.29 is 37.8 Å². The number of benzene rings is 2. The first-order chi connectivity index (χ1) is 18.8. The van der Waals surface area contributed by atoms with E-state index in [-0.39, 0.29) is 34.9 Å². The second-order valence-corrected chi connectivity index (χ2v) is 10.6. The van der Waals surface area contributed by atoms with E-state index in [4.69, 9.17) is 28.9 Å². The maximum absolute atomic E-state index is 12.8. The molecule has 5 N–H and O–H groups in total. The number of urea groups is 1. The van der Waals surface area contributed by atoms with Crippen LogP contribution in [0.1, 0.15) is 18.4 Å². The number of β-amino-alcohol motifs (C(OH)–C–C–N with tert-alkyl or cyclic N) is 1. The number of hydrogen-bond acceptors (Lipinski definition) is 8. The number of halogens is 5. The van der Waals surface area contributed by atoms with E-state index in [1.54, 1.807) is 0 Å². The van der Waals surface area contributed by atoms with E-state index in [0.717, 1.165) is 50.2 Å². The molecule has 2 heterocycles. The van der Waals surface area contributed by atoms with Gasteiger partial charge in [-0.1, -0.05) is 35.3 Å². The standard InChI is InChI=1S/C25H28Cl2F3N5O5/c26-15-3-1-14(2-4-15)11-33-7-5-16(6-8-33)32-18-12-34(13-22(18)37)19-10-21(36)17(27)9-20(19)35(24(31)39)40-23(38)25(28,29)30/h1-4,9-10,16,18,22,32,36-37H,5-8,11-13H2,(H2,31,39). The number of anilines is 2. The minimum absolute atomic E-state index is 0.000962. The van der Waals surface area contributed by atoms with E-state index in [2.05, 4.69) is 15.1 Å². The maximum Gasteiger partial charge on any atom is 0.493 e. The molecule has 0 bridgehead atoms. The highest BCUT2D eigenvalue weighted by Gasteiger charge is 2.44. The fourth-order valence-electron chi connectivity index (χ4n) is 4.86. The number of hydroxylamine groups is 1. The van der Waals surface area contributed by atoms with Crippen molar-refractivity contribution in [2.45, 2.75) is 43.8 Å². The van der Waals surface area contributed by atoms with Crippen molar-refractivity contribution in [1.82, 2.24) is 10.2 Å². The predicted octanol–water partition coefficient (Wildman–Crippen LogP) is 3.41. The molecule has 2 saturated heterocycles. The highest BCUT2D eigenvalue weighted by atomic mass is 35.5. The Kier molecular flexibility index (Phi) is 9.20. The molecule has 2 atom stereocenters. The number of aliphatic hydroxyl groups excluding tert-OH is 1. The van der Waals surface area contributed by atoms with Gasteiger partial charge < -0.3 is 31.0 Å². The third-order valence-electron chi connectivity index (χ3n) is 6.86. The first-order valence-corrected chi connectivity index (χ1v) is 13.1. The van der Waals surface area contributed by atoms with Crippen LogP contribution in [0, 0.1) is 0 Å². The Balaban J connectivity index is 1.43. The SMILES string of the molecule is NC(=O)N(OC(=O)C(F)(F)F)c1cc(Cl)c(O)cc1N1CC(O)C(NC2CCN(Cc3ccc(Cl)cc3)CC2)C1. The number of hydrogen-bond donors (Lipinski definition) is 4. The Bertz CT molecular complexity index is 1230. The first kappa shape index (κ1) is 30.0. The Morgan fingerprint density at radius 3 is 2.38 bits per heavy atom. The van der Waals surface area contributed by atoms with Crippen molar-refractivity contribution in [1.29, 1.82) is 0 Å². The summed E-state index contributed by atoms with van der Waals surface area (Å²) in [5, 5.41) is 24.7. The third-order valence-corrected chi connectivity index (χ3v) is 7.41. The highest BCUT2D eigenvalue weighted by Crippen LogP contribution is 2.40. The van der Waals surface area contributed by atoms with Crippen LogP contribution in [0.5, 0.6) is 5.75 Å². The molecule has 0 aromatic heterocycles. The van der Waals surface area contributed by atoms with Crippen molar-refractivity contribution >= 4 is 46.6 Å². The summed E-state index contributed by atoms with van der Waals surface area (Å²) in [6, 6.07) is 7.88. The van der Waals surface area contributed by atoms with Crippen LogP contribution in [-0.4, -0.2) is 77.7 Å². The molecule has 2 aromatic rings. The number of phenols is 1. The molecule has 2 fully saturated rings. The van der Waals surface area contributed by atoms with Gasteiger partial charge in [0, 0.05) is 36.8 Å². The molecular formula is C25H28Cl2F3N5O5. The number of nitrogens with one attached hydrogen (secondary N) is 1. The molecule has 218 valence electrons. The second-order valence-electron chi connectivity index (χ2n) is 9.72. The van der Waals surface area contributed by atoms with Gasteiger partial charge in [-0.3, -0.25) is 4.90 Å². The van der Waals surface area contributed by atoms with E-state index >= 15 is 0 Å². The Morgan fingerprint density at radius 1 is 1.12 bits per heavy atom. The van der Waals surface area contributed by atoms with Crippen LogP contribution in [0.15, 0.2) is 36.4 Å². The van der Waals surface area contributed by atoms with E-state index < -0.39 is 41.8 Å².